The molecule has 0 radical (unpaired) electrons. The maximum Gasteiger partial charge on any atom is 0.247 e. The highest BCUT2D eigenvalue weighted by atomic mass is 127. The van der Waals surface area contributed by atoms with E-state index in [1.807, 2.05) is 22.6 Å². The Morgan fingerprint density at radius 3 is 2.76 bits per heavy atom. The molecule has 4 N–H and O–H groups in total. The fourth-order valence-electron chi connectivity index (χ4n) is 3.64. The average molecular weight is 584 g/mol. The SMILES string of the molecule is COc1cc(C=O)cc(I)c1OC1C=C(C(=O)NCCO)CC(NCc2ccccc2F)C1O. The molecule has 3 unspecified atom stereocenters. The van der Waals surface area contributed by atoms with Crippen LogP contribution in [0, 0.1) is 9.39 Å². The zero-order valence-electron chi connectivity index (χ0n) is 18.5. The molecule has 0 fully saturated rings. The number of aliphatic hydroxyl groups excluding tert-OH is 2. The summed E-state index contributed by atoms with van der Waals surface area (Å²) in [5.41, 5.74) is 1.18. The third-order valence-corrected chi connectivity index (χ3v) is 6.20. The molecule has 0 aliphatic heterocycles. The first-order chi connectivity index (χ1) is 16.4. The minimum absolute atomic E-state index is 0.0798. The van der Waals surface area contributed by atoms with E-state index in [-0.39, 0.29) is 31.9 Å². The molecule has 3 atom stereocenters. The molecule has 8 nitrogen and oxygen atoms in total. The minimum atomic E-state index is -1.08. The van der Waals surface area contributed by atoms with Crippen molar-refractivity contribution < 1.29 is 33.7 Å². The average Bonchev–Trinajstić information content (AvgIpc) is 2.84. The number of ether oxygens (including phenoxy) is 2. The summed E-state index contributed by atoms with van der Waals surface area (Å²) < 4.78 is 26.1. The molecule has 3 rings (SSSR count). The Hall–Kier alpha value is -2.54. The molecule has 182 valence electrons. The third-order valence-electron chi connectivity index (χ3n) is 5.40. The molecule has 10 heteroatoms. The van der Waals surface area contributed by atoms with Crippen LogP contribution in [-0.2, 0) is 11.3 Å². The zero-order valence-corrected chi connectivity index (χ0v) is 20.6. The Morgan fingerprint density at radius 2 is 2.09 bits per heavy atom. The van der Waals surface area contributed by atoms with Crippen molar-refractivity contribution in [1.29, 1.82) is 0 Å². The third kappa shape index (κ3) is 6.32. The summed E-state index contributed by atoms with van der Waals surface area (Å²) in [5, 5.41) is 25.8. The van der Waals surface area contributed by atoms with E-state index in [1.165, 1.54) is 25.3 Å². The number of hydrogen-bond acceptors (Lipinski definition) is 7. The van der Waals surface area contributed by atoms with Crippen molar-refractivity contribution in [2.75, 3.05) is 20.3 Å². The van der Waals surface area contributed by atoms with E-state index < -0.39 is 24.2 Å². The monoisotopic (exact) mass is 584 g/mol. The van der Waals surface area contributed by atoms with Crippen LogP contribution < -0.4 is 20.1 Å². The molecule has 0 saturated heterocycles. The fourth-order valence-corrected chi connectivity index (χ4v) is 4.39. The molecular formula is C24H26FIN2O6. The summed E-state index contributed by atoms with van der Waals surface area (Å²) in [7, 11) is 1.44. The quantitative estimate of drug-likeness (QED) is 0.249. The molecule has 0 spiro atoms. The fraction of sp³-hybridized carbons (Fsp3) is 0.333. The number of halogens is 2. The molecule has 1 aliphatic carbocycles. The van der Waals surface area contributed by atoms with Crippen LogP contribution in [0.25, 0.3) is 0 Å². The second-order valence-electron chi connectivity index (χ2n) is 7.68. The predicted octanol–water partition coefficient (Wildman–Crippen LogP) is 1.96. The van der Waals surface area contributed by atoms with E-state index >= 15 is 0 Å². The topological polar surface area (TPSA) is 117 Å². The van der Waals surface area contributed by atoms with Crippen molar-refractivity contribution in [3.63, 3.8) is 0 Å². The normalized spacial score (nSPS) is 19.8. The van der Waals surface area contributed by atoms with Crippen LogP contribution in [-0.4, -0.2) is 60.9 Å². The van der Waals surface area contributed by atoms with Crippen LogP contribution in [0.2, 0.25) is 0 Å². The van der Waals surface area contributed by atoms with E-state index in [0.29, 0.717) is 38.1 Å². The van der Waals surface area contributed by atoms with Crippen molar-refractivity contribution in [2.45, 2.75) is 31.2 Å². The van der Waals surface area contributed by atoms with Gasteiger partial charge in [0.15, 0.2) is 11.5 Å². The number of benzene rings is 2. The van der Waals surface area contributed by atoms with Crippen LogP contribution >= 0.6 is 22.6 Å². The molecule has 1 aliphatic rings. The van der Waals surface area contributed by atoms with E-state index in [1.54, 1.807) is 24.3 Å². The van der Waals surface area contributed by atoms with Crippen molar-refractivity contribution in [2.24, 2.45) is 0 Å². The second-order valence-corrected chi connectivity index (χ2v) is 8.84. The molecule has 1 amide bonds. The molecule has 2 aromatic carbocycles. The summed E-state index contributed by atoms with van der Waals surface area (Å²) in [6.45, 7) is 0.00695. The molecule has 2 aromatic rings. The van der Waals surface area contributed by atoms with Crippen LogP contribution in [0.1, 0.15) is 22.3 Å². The number of amides is 1. The molecular weight excluding hydrogens is 558 g/mol. The lowest BCUT2D eigenvalue weighted by molar-refractivity contribution is -0.118. The van der Waals surface area contributed by atoms with Gasteiger partial charge in [-0.05, 0) is 53.3 Å². The Labute approximate surface area is 210 Å². The maximum atomic E-state index is 14.1. The summed E-state index contributed by atoms with van der Waals surface area (Å²) in [6, 6.07) is 8.81. The largest absolute Gasteiger partial charge is 0.493 e. The van der Waals surface area contributed by atoms with Crippen LogP contribution in [0.4, 0.5) is 4.39 Å². The van der Waals surface area contributed by atoms with Gasteiger partial charge < -0.3 is 30.3 Å². The van der Waals surface area contributed by atoms with Gasteiger partial charge in [0.2, 0.25) is 5.91 Å². The van der Waals surface area contributed by atoms with Crippen molar-refractivity contribution in [3.05, 3.63) is 68.6 Å². The minimum Gasteiger partial charge on any atom is -0.493 e. The van der Waals surface area contributed by atoms with Crippen LogP contribution in [0.15, 0.2) is 48.0 Å². The highest BCUT2D eigenvalue weighted by Gasteiger charge is 2.36. The first-order valence-electron chi connectivity index (χ1n) is 10.6. The lowest BCUT2D eigenvalue weighted by atomic mass is 9.89. The summed E-state index contributed by atoms with van der Waals surface area (Å²) in [5.74, 6) is -0.148. The van der Waals surface area contributed by atoms with E-state index in [4.69, 9.17) is 14.6 Å². The number of aldehydes is 1. The van der Waals surface area contributed by atoms with E-state index in [9.17, 15) is 19.1 Å². The number of carbonyl (C=O) groups is 2. The predicted molar refractivity (Wildman–Crippen MR) is 131 cm³/mol. The maximum absolute atomic E-state index is 14.1. The van der Waals surface area contributed by atoms with Gasteiger partial charge in [0.25, 0.3) is 0 Å². The van der Waals surface area contributed by atoms with Crippen LogP contribution in [0.3, 0.4) is 0 Å². The number of hydrogen-bond donors (Lipinski definition) is 4. The lowest BCUT2D eigenvalue weighted by Crippen LogP contribution is -2.51. The highest BCUT2D eigenvalue weighted by molar-refractivity contribution is 14.1. The second kappa shape index (κ2) is 12.2. The van der Waals surface area contributed by atoms with Gasteiger partial charge in [-0.2, -0.15) is 0 Å². The smallest absolute Gasteiger partial charge is 0.247 e. The van der Waals surface area contributed by atoms with Gasteiger partial charge in [0.1, 0.15) is 24.3 Å². The first-order valence-corrected chi connectivity index (χ1v) is 11.7. The summed E-state index contributed by atoms with van der Waals surface area (Å²) in [6.07, 6.45) is 0.377. The summed E-state index contributed by atoms with van der Waals surface area (Å²) >= 11 is 2.00. The Balaban J connectivity index is 1.88. The van der Waals surface area contributed by atoms with Gasteiger partial charge in [0, 0.05) is 35.8 Å². The van der Waals surface area contributed by atoms with Gasteiger partial charge in [-0.3, -0.25) is 9.59 Å². The van der Waals surface area contributed by atoms with Crippen LogP contribution in [0.5, 0.6) is 11.5 Å². The number of aliphatic hydroxyl groups is 2. The van der Waals surface area contributed by atoms with Gasteiger partial charge in [0.05, 0.1) is 17.3 Å². The number of methoxy groups -OCH3 is 1. The van der Waals surface area contributed by atoms with Gasteiger partial charge >= 0.3 is 0 Å². The molecule has 0 heterocycles. The van der Waals surface area contributed by atoms with Crippen molar-refractivity contribution in [1.82, 2.24) is 10.6 Å². The zero-order chi connectivity index (χ0) is 24.7. The molecule has 34 heavy (non-hydrogen) atoms. The molecule has 0 saturated carbocycles. The number of carbonyl (C=O) groups excluding carboxylic acids is 2. The van der Waals surface area contributed by atoms with E-state index in [2.05, 4.69) is 10.6 Å². The first kappa shape index (κ1) is 26.1. The van der Waals surface area contributed by atoms with Gasteiger partial charge in [-0.25, -0.2) is 4.39 Å². The lowest BCUT2D eigenvalue weighted by Gasteiger charge is -2.34. The Morgan fingerprint density at radius 1 is 1.32 bits per heavy atom. The Kier molecular flexibility index (Phi) is 9.39. The van der Waals surface area contributed by atoms with Gasteiger partial charge in [-0.15, -0.1) is 0 Å². The highest BCUT2D eigenvalue weighted by Crippen LogP contribution is 2.36. The Bertz CT molecular complexity index is 1060. The van der Waals surface area contributed by atoms with E-state index in [0.717, 1.165) is 0 Å². The number of rotatable bonds is 10. The molecule has 0 aromatic heterocycles. The summed E-state index contributed by atoms with van der Waals surface area (Å²) in [4.78, 5) is 23.8. The van der Waals surface area contributed by atoms with Gasteiger partial charge in [-0.1, -0.05) is 18.2 Å². The number of nitrogens with one attached hydrogen (secondary N) is 2. The van der Waals surface area contributed by atoms with Crippen molar-refractivity contribution >= 4 is 34.8 Å². The van der Waals surface area contributed by atoms with Crippen molar-refractivity contribution in [3.8, 4) is 11.5 Å². The molecule has 0 bridgehead atoms. The standard InChI is InChI=1S/C24H26FIN2O6/c1-33-21-9-14(13-30)8-18(26)23(21)34-20-11-16(24(32)27-6-7-29)10-19(22(20)31)28-12-15-4-2-3-5-17(15)25/h2-5,8-9,11,13,19-20,22,28-29,31H,6-7,10,12H2,1H3,(H,27,32).